The van der Waals surface area contributed by atoms with Gasteiger partial charge in [-0.15, -0.1) is 12.4 Å². The summed E-state index contributed by atoms with van der Waals surface area (Å²) >= 11 is 0. The van der Waals surface area contributed by atoms with Crippen LogP contribution in [-0.4, -0.2) is 41.2 Å². The summed E-state index contributed by atoms with van der Waals surface area (Å²) in [5.41, 5.74) is 2.74. The fraction of sp³-hybridized carbons (Fsp3) is 0.316. The molecule has 2 atom stereocenters. The van der Waals surface area contributed by atoms with E-state index in [1.807, 2.05) is 32.3 Å². The van der Waals surface area contributed by atoms with Crippen molar-refractivity contribution in [2.24, 2.45) is 0 Å². The molecule has 5 heteroatoms. The average Bonchev–Trinajstić information content (AvgIpc) is 2.56. The number of nitrogens with zero attached hydrogens (tertiary/aromatic N) is 1. The van der Waals surface area contributed by atoms with E-state index in [-0.39, 0.29) is 24.6 Å². The van der Waals surface area contributed by atoms with Crippen LogP contribution >= 0.6 is 12.4 Å². The van der Waals surface area contributed by atoms with Gasteiger partial charge in [0, 0.05) is 6.04 Å². The lowest BCUT2D eigenvalue weighted by molar-refractivity contribution is 0.0628. The first-order chi connectivity index (χ1) is 11.0. The van der Waals surface area contributed by atoms with Gasteiger partial charge in [0.25, 0.3) is 0 Å². The van der Waals surface area contributed by atoms with E-state index in [0.717, 1.165) is 18.4 Å². The van der Waals surface area contributed by atoms with Crippen molar-refractivity contribution in [1.29, 1.82) is 0 Å². The molecule has 2 aromatic rings. The highest BCUT2D eigenvalue weighted by atomic mass is 35.5. The average molecular weight is 350 g/mol. The summed E-state index contributed by atoms with van der Waals surface area (Å²) in [6.07, 6.45) is 1.80. The fourth-order valence-electron chi connectivity index (χ4n) is 2.84. The molecule has 0 heterocycles. The number of aliphatic hydroxyl groups excluding tert-OH is 1. The van der Waals surface area contributed by atoms with Crippen molar-refractivity contribution in [2.45, 2.75) is 25.0 Å². The van der Waals surface area contributed by atoms with Crippen LogP contribution in [0.3, 0.4) is 0 Å². The zero-order chi connectivity index (χ0) is 16.8. The minimum absolute atomic E-state index is 0. The second-order valence-electron chi connectivity index (χ2n) is 5.88. The fourth-order valence-corrected chi connectivity index (χ4v) is 2.84. The lowest BCUT2D eigenvalue weighted by Gasteiger charge is -2.34. The Balaban J connectivity index is 0.000000252. The third-order valence-corrected chi connectivity index (χ3v) is 4.13. The summed E-state index contributed by atoms with van der Waals surface area (Å²) < 4.78 is 0. The Morgan fingerprint density at radius 2 is 1.62 bits per heavy atom. The molecular weight excluding hydrogens is 326 g/mol. The number of hydrogen-bond acceptors (Lipinski definition) is 3. The van der Waals surface area contributed by atoms with Gasteiger partial charge < -0.3 is 15.1 Å². The van der Waals surface area contributed by atoms with Gasteiger partial charge >= 0.3 is 5.97 Å². The lowest BCUT2D eigenvalue weighted by atomic mass is 9.85. The van der Waals surface area contributed by atoms with Crippen LogP contribution in [0.5, 0.6) is 0 Å². The zero-order valence-corrected chi connectivity index (χ0v) is 14.7. The normalized spacial score (nSPS) is 18.7. The maximum Gasteiger partial charge on any atom is 0.335 e. The van der Waals surface area contributed by atoms with Crippen LogP contribution in [0.4, 0.5) is 0 Å². The molecule has 0 aromatic heterocycles. The standard InChI is InChI=1S/C12H17NO.C7H6O2.ClH/c1-13(2)11-8-7-9-5-3-4-6-10(9)12(11)14;8-7(9)6-4-2-1-3-5-6;/h3-6,11-12,14H,7-8H2,1-2H3;1-5H,(H,8,9);1H/t11-,12+;;/m0../s1. The maximum atomic E-state index is 10.2. The number of carbonyl (C=O) groups is 1. The molecule has 1 aliphatic carbocycles. The van der Waals surface area contributed by atoms with Gasteiger partial charge in [0.1, 0.15) is 0 Å². The minimum Gasteiger partial charge on any atom is -0.478 e. The molecule has 0 saturated heterocycles. The minimum atomic E-state index is -0.879. The van der Waals surface area contributed by atoms with Gasteiger partial charge in [0.05, 0.1) is 11.7 Å². The number of fused-ring (bicyclic) bond motifs is 1. The third kappa shape index (κ3) is 5.06. The van der Waals surface area contributed by atoms with Gasteiger partial charge in [-0.25, -0.2) is 4.79 Å². The Hall–Kier alpha value is -1.88. The third-order valence-electron chi connectivity index (χ3n) is 4.13. The molecule has 0 spiro atoms. The quantitative estimate of drug-likeness (QED) is 0.872. The second kappa shape index (κ2) is 9.42. The first kappa shape index (κ1) is 20.2. The van der Waals surface area contributed by atoms with E-state index in [0.29, 0.717) is 5.56 Å². The van der Waals surface area contributed by atoms with Gasteiger partial charge in [-0.1, -0.05) is 42.5 Å². The highest BCUT2D eigenvalue weighted by Gasteiger charge is 2.28. The van der Waals surface area contributed by atoms with Crippen molar-refractivity contribution in [3.05, 3.63) is 71.3 Å². The van der Waals surface area contributed by atoms with Crippen LogP contribution in [0, 0.1) is 0 Å². The van der Waals surface area contributed by atoms with Crippen LogP contribution in [0.25, 0.3) is 0 Å². The molecule has 24 heavy (non-hydrogen) atoms. The first-order valence-corrected chi connectivity index (χ1v) is 7.71. The number of aliphatic hydroxyl groups is 1. The summed E-state index contributed by atoms with van der Waals surface area (Å²) in [5.74, 6) is -0.879. The van der Waals surface area contributed by atoms with Gasteiger partial charge in [-0.2, -0.15) is 0 Å². The van der Waals surface area contributed by atoms with Gasteiger partial charge in [0.2, 0.25) is 0 Å². The number of rotatable bonds is 2. The Kier molecular flexibility index (Phi) is 7.92. The lowest BCUT2D eigenvalue weighted by Crippen LogP contribution is -2.37. The van der Waals surface area contributed by atoms with Crippen molar-refractivity contribution < 1.29 is 15.0 Å². The summed E-state index contributed by atoms with van der Waals surface area (Å²) in [4.78, 5) is 12.3. The summed E-state index contributed by atoms with van der Waals surface area (Å²) in [5, 5.41) is 18.5. The van der Waals surface area contributed by atoms with Gasteiger partial charge in [-0.05, 0) is 50.2 Å². The topological polar surface area (TPSA) is 60.8 Å². The molecule has 2 aromatic carbocycles. The zero-order valence-electron chi connectivity index (χ0n) is 13.9. The number of hydrogen-bond donors (Lipinski definition) is 2. The highest BCUT2D eigenvalue weighted by molar-refractivity contribution is 5.87. The van der Waals surface area contributed by atoms with Crippen LogP contribution in [0.15, 0.2) is 54.6 Å². The predicted octanol–water partition coefficient (Wildman–Crippen LogP) is 3.40. The van der Waals surface area contributed by atoms with E-state index in [2.05, 4.69) is 11.0 Å². The molecule has 2 N–H and O–H groups in total. The number of carboxylic acid groups (broad SMARTS) is 1. The van der Waals surface area contributed by atoms with Crippen LogP contribution in [0.1, 0.15) is 34.0 Å². The van der Waals surface area contributed by atoms with E-state index in [9.17, 15) is 9.90 Å². The largest absolute Gasteiger partial charge is 0.478 e. The molecule has 3 rings (SSSR count). The molecule has 0 amide bonds. The van der Waals surface area contributed by atoms with Gasteiger partial charge in [0.15, 0.2) is 0 Å². The summed E-state index contributed by atoms with van der Waals surface area (Å²) in [6, 6.07) is 16.8. The Morgan fingerprint density at radius 3 is 2.17 bits per heavy atom. The molecule has 0 bridgehead atoms. The van der Waals surface area contributed by atoms with E-state index >= 15 is 0 Å². The summed E-state index contributed by atoms with van der Waals surface area (Å²) in [7, 11) is 4.06. The van der Waals surface area contributed by atoms with Crippen molar-refractivity contribution in [1.82, 2.24) is 4.90 Å². The monoisotopic (exact) mass is 349 g/mol. The first-order valence-electron chi connectivity index (χ1n) is 7.71. The molecule has 0 fully saturated rings. The van der Waals surface area contributed by atoms with Crippen molar-refractivity contribution in [2.75, 3.05) is 14.1 Å². The smallest absolute Gasteiger partial charge is 0.335 e. The number of carboxylic acids is 1. The molecule has 0 saturated carbocycles. The SMILES string of the molecule is CN(C)[C@H]1CCc2ccccc2[C@H]1O.Cl.O=C(O)c1ccccc1. The highest BCUT2D eigenvalue weighted by Crippen LogP contribution is 2.31. The second-order valence-corrected chi connectivity index (χ2v) is 5.88. The number of benzene rings is 2. The van der Waals surface area contributed by atoms with Gasteiger partial charge in [-0.3, -0.25) is 0 Å². The molecule has 130 valence electrons. The molecule has 0 aliphatic heterocycles. The molecule has 0 radical (unpaired) electrons. The number of halogens is 1. The molecule has 4 nitrogen and oxygen atoms in total. The predicted molar refractivity (Wildman–Crippen MR) is 97.8 cm³/mol. The van der Waals surface area contributed by atoms with Crippen molar-refractivity contribution in [3.63, 3.8) is 0 Å². The maximum absolute atomic E-state index is 10.2. The number of aryl methyl sites for hydroxylation is 1. The molecule has 0 unspecified atom stereocenters. The van der Waals surface area contributed by atoms with E-state index < -0.39 is 5.97 Å². The summed E-state index contributed by atoms with van der Waals surface area (Å²) in [6.45, 7) is 0. The van der Waals surface area contributed by atoms with Crippen LogP contribution < -0.4 is 0 Å². The van der Waals surface area contributed by atoms with Crippen LogP contribution in [-0.2, 0) is 6.42 Å². The Labute approximate surface area is 149 Å². The van der Waals surface area contributed by atoms with E-state index in [1.54, 1.807) is 30.3 Å². The number of aromatic carboxylic acids is 1. The van der Waals surface area contributed by atoms with Crippen molar-refractivity contribution >= 4 is 18.4 Å². The number of likely N-dealkylation sites (N-methyl/N-ethyl adjacent to an activating group) is 1. The van der Waals surface area contributed by atoms with E-state index in [1.165, 1.54) is 5.56 Å². The van der Waals surface area contributed by atoms with Crippen LogP contribution in [0.2, 0.25) is 0 Å². The Morgan fingerprint density at radius 1 is 1.04 bits per heavy atom. The van der Waals surface area contributed by atoms with Crippen molar-refractivity contribution in [3.8, 4) is 0 Å². The molecule has 1 aliphatic rings. The van der Waals surface area contributed by atoms with E-state index in [4.69, 9.17) is 5.11 Å². The molecular formula is C19H24ClNO3. The Bertz CT molecular complexity index is 646.